The van der Waals surface area contributed by atoms with Gasteiger partial charge in [0.25, 0.3) is 0 Å². The van der Waals surface area contributed by atoms with Crippen LogP contribution in [0.3, 0.4) is 0 Å². The van der Waals surface area contributed by atoms with Gasteiger partial charge in [0.2, 0.25) is 0 Å². The molecule has 0 saturated heterocycles. The Kier molecular flexibility index (Phi) is 2.44. The van der Waals surface area contributed by atoms with Gasteiger partial charge in [-0.3, -0.25) is 0 Å². The highest BCUT2D eigenvalue weighted by Gasteiger charge is 2.21. The van der Waals surface area contributed by atoms with Crippen LogP contribution in [0.25, 0.3) is 11.1 Å². The molecule has 0 bridgehead atoms. The molecule has 0 amide bonds. The molecule has 88 valence electrons. The average molecular weight is 247 g/mol. The number of benzene rings is 1. The van der Waals surface area contributed by atoms with Crippen molar-refractivity contribution in [3.05, 3.63) is 40.0 Å². The van der Waals surface area contributed by atoms with Crippen LogP contribution in [0.4, 0.5) is 9.39 Å². The van der Waals surface area contributed by atoms with Crippen molar-refractivity contribution in [2.24, 2.45) is 0 Å². The van der Waals surface area contributed by atoms with Gasteiger partial charge < -0.3 is 5.73 Å². The summed E-state index contributed by atoms with van der Waals surface area (Å²) in [6, 6.07) is 5.26. The first-order chi connectivity index (χ1) is 8.16. The monoisotopic (exact) mass is 247 g/mol. The van der Waals surface area contributed by atoms with E-state index in [0.29, 0.717) is 5.56 Å². The van der Waals surface area contributed by atoms with Crippen LogP contribution in [-0.2, 0) is 12.8 Å². The van der Waals surface area contributed by atoms with Crippen molar-refractivity contribution in [1.29, 1.82) is 0 Å². The molecule has 0 spiro atoms. The van der Waals surface area contributed by atoms with Gasteiger partial charge in [0.05, 0.1) is 5.00 Å². The van der Waals surface area contributed by atoms with Crippen molar-refractivity contribution in [1.82, 2.24) is 0 Å². The fraction of sp³-hybridized carbons (Fsp3) is 0.286. The Hall–Kier alpha value is -1.35. The second-order valence-electron chi connectivity index (χ2n) is 4.56. The molecule has 17 heavy (non-hydrogen) atoms. The molecule has 1 aliphatic carbocycles. The molecular formula is C14H14FNS. The molecule has 1 aromatic carbocycles. The molecule has 3 heteroatoms. The smallest absolute Gasteiger partial charge is 0.126 e. The quantitative estimate of drug-likeness (QED) is 0.811. The first-order valence-corrected chi connectivity index (χ1v) is 6.65. The summed E-state index contributed by atoms with van der Waals surface area (Å²) in [6.07, 6.45) is 3.47. The van der Waals surface area contributed by atoms with Gasteiger partial charge in [-0.25, -0.2) is 4.39 Å². The van der Waals surface area contributed by atoms with Crippen molar-refractivity contribution in [3.63, 3.8) is 0 Å². The normalized spacial score (nSPS) is 14.0. The second-order valence-corrected chi connectivity index (χ2v) is 5.70. The van der Waals surface area contributed by atoms with Gasteiger partial charge in [0.15, 0.2) is 0 Å². The van der Waals surface area contributed by atoms with Crippen LogP contribution >= 0.6 is 11.3 Å². The summed E-state index contributed by atoms with van der Waals surface area (Å²) >= 11 is 1.69. The lowest BCUT2D eigenvalue weighted by Crippen LogP contribution is -1.90. The Morgan fingerprint density at radius 1 is 1.29 bits per heavy atom. The van der Waals surface area contributed by atoms with Gasteiger partial charge in [-0.15, -0.1) is 11.3 Å². The molecule has 1 aliphatic rings. The maximum atomic E-state index is 13.3. The van der Waals surface area contributed by atoms with Gasteiger partial charge >= 0.3 is 0 Å². The van der Waals surface area contributed by atoms with Gasteiger partial charge in [-0.1, -0.05) is 6.07 Å². The molecule has 1 nitrogen and oxygen atoms in total. The van der Waals surface area contributed by atoms with Crippen LogP contribution in [0, 0.1) is 12.7 Å². The average Bonchev–Trinajstić information content (AvgIpc) is 2.82. The number of nitrogen functional groups attached to an aromatic ring is 1. The third-order valence-corrected chi connectivity index (χ3v) is 4.52. The van der Waals surface area contributed by atoms with E-state index >= 15 is 0 Å². The largest absolute Gasteiger partial charge is 0.390 e. The Morgan fingerprint density at radius 3 is 2.88 bits per heavy atom. The maximum Gasteiger partial charge on any atom is 0.126 e. The van der Waals surface area contributed by atoms with E-state index in [4.69, 9.17) is 5.73 Å². The minimum absolute atomic E-state index is 0.154. The lowest BCUT2D eigenvalue weighted by atomic mass is 10.0. The lowest BCUT2D eigenvalue weighted by Gasteiger charge is -2.06. The molecule has 0 aliphatic heterocycles. The predicted molar refractivity (Wildman–Crippen MR) is 70.9 cm³/mol. The van der Waals surface area contributed by atoms with E-state index in [2.05, 4.69) is 0 Å². The molecule has 0 unspecified atom stereocenters. The van der Waals surface area contributed by atoms with E-state index in [1.807, 2.05) is 12.1 Å². The number of fused-ring (bicyclic) bond motifs is 1. The number of anilines is 1. The fourth-order valence-corrected chi connectivity index (χ4v) is 3.72. The molecule has 0 fully saturated rings. The highest BCUT2D eigenvalue weighted by atomic mass is 32.1. The topological polar surface area (TPSA) is 26.0 Å². The van der Waals surface area contributed by atoms with Crippen molar-refractivity contribution in [3.8, 4) is 11.1 Å². The number of rotatable bonds is 1. The van der Waals surface area contributed by atoms with E-state index in [1.165, 1.54) is 22.9 Å². The van der Waals surface area contributed by atoms with Crippen molar-refractivity contribution >= 4 is 16.3 Å². The van der Waals surface area contributed by atoms with Crippen molar-refractivity contribution in [2.45, 2.75) is 26.2 Å². The highest BCUT2D eigenvalue weighted by molar-refractivity contribution is 7.16. The molecule has 3 rings (SSSR count). The maximum absolute atomic E-state index is 13.3. The van der Waals surface area contributed by atoms with Gasteiger partial charge in [-0.2, -0.15) is 0 Å². The first kappa shape index (κ1) is 10.8. The number of thiophene rings is 1. The van der Waals surface area contributed by atoms with Crippen LogP contribution in [0.5, 0.6) is 0 Å². The highest BCUT2D eigenvalue weighted by Crippen LogP contribution is 2.43. The summed E-state index contributed by atoms with van der Waals surface area (Å²) in [6.45, 7) is 1.79. The van der Waals surface area contributed by atoms with Crippen LogP contribution in [0.1, 0.15) is 22.4 Å². The summed E-state index contributed by atoms with van der Waals surface area (Å²) in [5.41, 5.74) is 10.4. The van der Waals surface area contributed by atoms with Crippen LogP contribution < -0.4 is 5.73 Å². The minimum Gasteiger partial charge on any atom is -0.390 e. The van der Waals surface area contributed by atoms with E-state index in [-0.39, 0.29) is 5.82 Å². The fourth-order valence-electron chi connectivity index (χ4n) is 2.54. The van der Waals surface area contributed by atoms with Crippen LogP contribution in [-0.4, -0.2) is 0 Å². The van der Waals surface area contributed by atoms with Gasteiger partial charge in [0, 0.05) is 10.4 Å². The Bertz CT molecular complexity index is 586. The van der Waals surface area contributed by atoms with E-state index in [0.717, 1.165) is 29.0 Å². The predicted octanol–water partition coefficient (Wildman–Crippen LogP) is 3.93. The Labute approximate surface area is 104 Å². The number of hydrogen-bond acceptors (Lipinski definition) is 2. The third-order valence-electron chi connectivity index (χ3n) is 3.40. The molecule has 0 saturated carbocycles. The zero-order chi connectivity index (χ0) is 12.0. The number of aryl methyl sites for hydroxylation is 2. The standard InChI is InChI=1S/C14H14FNS/c1-8-7-9(5-6-11(8)15)13-10-3-2-4-12(10)17-14(13)16/h5-7H,2-4,16H2,1H3. The summed E-state index contributed by atoms with van der Waals surface area (Å²) in [7, 11) is 0. The number of hydrogen-bond donors (Lipinski definition) is 1. The van der Waals surface area contributed by atoms with E-state index in [9.17, 15) is 4.39 Å². The van der Waals surface area contributed by atoms with Crippen LogP contribution in [0.2, 0.25) is 0 Å². The van der Waals surface area contributed by atoms with Gasteiger partial charge in [-0.05, 0) is 55.0 Å². The molecular weight excluding hydrogens is 233 g/mol. The Morgan fingerprint density at radius 2 is 2.12 bits per heavy atom. The third kappa shape index (κ3) is 1.65. The molecule has 0 atom stereocenters. The summed E-state index contributed by atoms with van der Waals surface area (Å²) < 4.78 is 13.3. The number of halogens is 1. The SMILES string of the molecule is Cc1cc(-c2c(N)sc3c2CCC3)ccc1F. The van der Waals surface area contributed by atoms with E-state index < -0.39 is 0 Å². The Balaban J connectivity index is 2.18. The molecule has 1 heterocycles. The summed E-state index contributed by atoms with van der Waals surface area (Å²) in [5, 5.41) is 0.876. The van der Waals surface area contributed by atoms with Crippen LogP contribution in [0.15, 0.2) is 18.2 Å². The number of nitrogens with two attached hydrogens (primary N) is 1. The summed E-state index contributed by atoms with van der Waals surface area (Å²) in [5.74, 6) is -0.154. The first-order valence-electron chi connectivity index (χ1n) is 5.83. The van der Waals surface area contributed by atoms with Crippen molar-refractivity contribution < 1.29 is 4.39 Å². The van der Waals surface area contributed by atoms with Crippen molar-refractivity contribution in [2.75, 3.05) is 5.73 Å². The minimum atomic E-state index is -0.154. The summed E-state index contributed by atoms with van der Waals surface area (Å²) in [4.78, 5) is 1.42. The molecule has 2 aromatic rings. The lowest BCUT2D eigenvalue weighted by molar-refractivity contribution is 0.619. The van der Waals surface area contributed by atoms with Gasteiger partial charge in [0.1, 0.15) is 5.82 Å². The molecule has 0 radical (unpaired) electrons. The zero-order valence-electron chi connectivity index (χ0n) is 9.72. The molecule has 2 N–H and O–H groups in total. The second kappa shape index (κ2) is 3.84. The zero-order valence-corrected chi connectivity index (χ0v) is 10.5. The van der Waals surface area contributed by atoms with E-state index in [1.54, 1.807) is 18.3 Å². The molecule has 1 aromatic heterocycles.